The molecule has 0 aromatic heterocycles. The number of ether oxygens (including phenoxy) is 1. The quantitative estimate of drug-likeness (QED) is 0.743. The predicted molar refractivity (Wildman–Crippen MR) is 99.5 cm³/mol. The number of carbonyl (C=O) groups is 1. The Morgan fingerprint density at radius 3 is 2.58 bits per heavy atom. The maximum absolute atomic E-state index is 13.2. The van der Waals surface area contributed by atoms with Crippen LogP contribution in [0.15, 0.2) is 54.6 Å². The third kappa shape index (κ3) is 4.82. The van der Waals surface area contributed by atoms with E-state index in [0.717, 1.165) is 24.4 Å². The number of halogens is 1. The fourth-order valence-electron chi connectivity index (χ4n) is 3.23. The molecule has 0 saturated carbocycles. The van der Waals surface area contributed by atoms with Crippen molar-refractivity contribution in [1.29, 1.82) is 0 Å². The number of rotatable bonds is 6. The molecular formula is C21H25FN2O2. The number of likely N-dealkylation sites (N-methyl/N-ethyl adjacent to an activating group) is 1. The Hall–Kier alpha value is -2.40. The second-order valence-corrected chi connectivity index (χ2v) is 6.65. The first kappa shape index (κ1) is 18.4. The zero-order valence-electron chi connectivity index (χ0n) is 15.1. The summed E-state index contributed by atoms with van der Waals surface area (Å²) in [6.07, 6.45) is 1.17. The van der Waals surface area contributed by atoms with Gasteiger partial charge in [-0.1, -0.05) is 30.3 Å². The molecule has 1 atom stereocenters. The molecule has 0 N–H and O–H groups in total. The molecule has 26 heavy (non-hydrogen) atoms. The van der Waals surface area contributed by atoms with E-state index in [4.69, 9.17) is 4.74 Å². The van der Waals surface area contributed by atoms with Gasteiger partial charge in [0.2, 0.25) is 5.91 Å². The van der Waals surface area contributed by atoms with Gasteiger partial charge < -0.3 is 9.64 Å². The zero-order chi connectivity index (χ0) is 18.4. The van der Waals surface area contributed by atoms with Crippen LogP contribution in [-0.2, 0) is 4.79 Å². The second kappa shape index (κ2) is 8.81. The van der Waals surface area contributed by atoms with E-state index in [0.29, 0.717) is 26.0 Å². The van der Waals surface area contributed by atoms with Gasteiger partial charge >= 0.3 is 0 Å². The molecule has 1 fully saturated rings. The average Bonchev–Trinajstić information content (AvgIpc) is 2.67. The van der Waals surface area contributed by atoms with Crippen molar-refractivity contribution >= 4 is 5.91 Å². The minimum absolute atomic E-state index is 0.105. The zero-order valence-corrected chi connectivity index (χ0v) is 15.1. The smallest absolute Gasteiger partial charge is 0.222 e. The lowest BCUT2D eigenvalue weighted by Gasteiger charge is -2.39. The molecule has 0 bridgehead atoms. The molecule has 0 spiro atoms. The van der Waals surface area contributed by atoms with Crippen molar-refractivity contribution in [1.82, 2.24) is 9.80 Å². The number of amides is 1. The summed E-state index contributed by atoms with van der Waals surface area (Å²) in [6.45, 7) is 2.71. The van der Waals surface area contributed by atoms with E-state index in [2.05, 4.69) is 4.90 Å². The predicted octanol–water partition coefficient (Wildman–Crippen LogP) is 3.50. The van der Waals surface area contributed by atoms with Crippen LogP contribution in [0.25, 0.3) is 0 Å². The molecule has 138 valence electrons. The lowest BCUT2D eigenvalue weighted by atomic mass is 10.0. The Labute approximate surface area is 154 Å². The van der Waals surface area contributed by atoms with Crippen LogP contribution in [0.2, 0.25) is 0 Å². The van der Waals surface area contributed by atoms with E-state index < -0.39 is 0 Å². The molecule has 2 aromatic carbocycles. The molecule has 2 aromatic rings. The molecule has 0 aliphatic carbocycles. The first-order valence-corrected chi connectivity index (χ1v) is 9.05. The molecule has 5 heteroatoms. The number of carbonyl (C=O) groups excluding carboxylic acids is 1. The van der Waals surface area contributed by atoms with E-state index in [1.807, 2.05) is 42.3 Å². The number of para-hydroxylation sites is 1. The molecule has 1 aliphatic rings. The monoisotopic (exact) mass is 356 g/mol. The van der Waals surface area contributed by atoms with Crippen molar-refractivity contribution in [2.45, 2.75) is 18.9 Å². The highest BCUT2D eigenvalue weighted by Crippen LogP contribution is 2.24. The normalized spacial score (nSPS) is 17.9. The number of piperazine rings is 1. The third-order valence-electron chi connectivity index (χ3n) is 4.80. The van der Waals surface area contributed by atoms with Crippen molar-refractivity contribution in [3.63, 3.8) is 0 Å². The van der Waals surface area contributed by atoms with Crippen LogP contribution in [0.5, 0.6) is 5.75 Å². The van der Waals surface area contributed by atoms with Crippen LogP contribution in [0, 0.1) is 5.82 Å². The maximum atomic E-state index is 13.2. The summed E-state index contributed by atoms with van der Waals surface area (Å²) in [4.78, 5) is 16.7. The number of hydrogen-bond donors (Lipinski definition) is 0. The number of hydrogen-bond acceptors (Lipinski definition) is 3. The second-order valence-electron chi connectivity index (χ2n) is 6.65. The summed E-state index contributed by atoms with van der Waals surface area (Å²) in [5.74, 6) is 0.747. The van der Waals surface area contributed by atoms with Crippen molar-refractivity contribution in [3.05, 3.63) is 66.0 Å². The highest BCUT2D eigenvalue weighted by molar-refractivity contribution is 5.76. The van der Waals surface area contributed by atoms with Crippen LogP contribution in [0.3, 0.4) is 0 Å². The third-order valence-corrected chi connectivity index (χ3v) is 4.80. The van der Waals surface area contributed by atoms with E-state index in [9.17, 15) is 9.18 Å². The standard InChI is InChI=1S/C21H25FN2O2/c1-23-13-14-24(16-20(23)17-9-11-18(22)12-10-17)21(25)8-5-15-26-19-6-3-2-4-7-19/h2-4,6-7,9-12,20H,5,8,13-16H2,1H3. The van der Waals surface area contributed by atoms with Gasteiger partial charge in [0.25, 0.3) is 0 Å². The van der Waals surface area contributed by atoms with Gasteiger partial charge in [0.15, 0.2) is 0 Å². The van der Waals surface area contributed by atoms with Gasteiger partial charge in [0, 0.05) is 26.1 Å². The Morgan fingerprint density at radius 2 is 1.85 bits per heavy atom. The molecule has 3 rings (SSSR count). The average molecular weight is 356 g/mol. The van der Waals surface area contributed by atoms with Gasteiger partial charge in [-0.2, -0.15) is 0 Å². The lowest BCUT2D eigenvalue weighted by molar-refractivity contribution is -0.134. The van der Waals surface area contributed by atoms with Gasteiger partial charge in [0.05, 0.1) is 12.6 Å². The van der Waals surface area contributed by atoms with Gasteiger partial charge in [-0.15, -0.1) is 0 Å². The highest BCUT2D eigenvalue weighted by atomic mass is 19.1. The van der Waals surface area contributed by atoms with Crippen molar-refractivity contribution < 1.29 is 13.9 Å². The molecule has 1 heterocycles. The Bertz CT molecular complexity index is 706. The van der Waals surface area contributed by atoms with Crippen molar-refractivity contribution in [2.75, 3.05) is 33.3 Å². The van der Waals surface area contributed by atoms with Gasteiger partial charge in [0.1, 0.15) is 11.6 Å². The SMILES string of the molecule is CN1CCN(C(=O)CCCOc2ccccc2)CC1c1ccc(F)cc1. The summed E-state index contributed by atoms with van der Waals surface area (Å²) < 4.78 is 18.8. The lowest BCUT2D eigenvalue weighted by Crippen LogP contribution is -2.49. The number of benzene rings is 2. The number of nitrogens with zero attached hydrogens (tertiary/aromatic N) is 2. The van der Waals surface area contributed by atoms with Gasteiger partial charge in [-0.3, -0.25) is 9.69 Å². The molecular weight excluding hydrogens is 331 g/mol. The molecule has 1 aliphatic heterocycles. The first-order valence-electron chi connectivity index (χ1n) is 9.05. The Kier molecular flexibility index (Phi) is 6.23. The molecule has 4 nitrogen and oxygen atoms in total. The van der Waals surface area contributed by atoms with Crippen LogP contribution < -0.4 is 4.74 Å². The van der Waals surface area contributed by atoms with E-state index in [1.165, 1.54) is 12.1 Å². The Morgan fingerprint density at radius 1 is 1.12 bits per heavy atom. The summed E-state index contributed by atoms with van der Waals surface area (Å²) in [5.41, 5.74) is 1.04. The highest BCUT2D eigenvalue weighted by Gasteiger charge is 2.28. The van der Waals surface area contributed by atoms with Gasteiger partial charge in [-0.05, 0) is 43.3 Å². The maximum Gasteiger partial charge on any atom is 0.222 e. The summed E-state index contributed by atoms with van der Waals surface area (Å²) >= 11 is 0. The van der Waals surface area contributed by atoms with Crippen LogP contribution in [0.1, 0.15) is 24.4 Å². The van der Waals surface area contributed by atoms with E-state index >= 15 is 0 Å². The summed E-state index contributed by atoms with van der Waals surface area (Å²) in [5, 5.41) is 0. The van der Waals surface area contributed by atoms with Crippen LogP contribution in [0.4, 0.5) is 4.39 Å². The molecule has 0 radical (unpaired) electrons. The largest absolute Gasteiger partial charge is 0.494 e. The summed E-state index contributed by atoms with van der Waals surface area (Å²) in [7, 11) is 2.05. The van der Waals surface area contributed by atoms with Gasteiger partial charge in [-0.25, -0.2) is 4.39 Å². The minimum Gasteiger partial charge on any atom is -0.494 e. The molecule has 1 saturated heterocycles. The van der Waals surface area contributed by atoms with Crippen LogP contribution >= 0.6 is 0 Å². The molecule has 1 amide bonds. The fraction of sp³-hybridized carbons (Fsp3) is 0.381. The topological polar surface area (TPSA) is 32.8 Å². The molecule has 1 unspecified atom stereocenters. The fourth-order valence-corrected chi connectivity index (χ4v) is 3.23. The van der Waals surface area contributed by atoms with E-state index in [-0.39, 0.29) is 17.8 Å². The van der Waals surface area contributed by atoms with Crippen molar-refractivity contribution in [2.24, 2.45) is 0 Å². The summed E-state index contributed by atoms with van der Waals surface area (Å²) in [6, 6.07) is 16.3. The Balaban J connectivity index is 1.48. The van der Waals surface area contributed by atoms with Crippen molar-refractivity contribution in [3.8, 4) is 5.75 Å². The van der Waals surface area contributed by atoms with E-state index in [1.54, 1.807) is 12.1 Å². The first-order chi connectivity index (χ1) is 12.6. The van der Waals surface area contributed by atoms with Crippen LogP contribution in [-0.4, -0.2) is 49.0 Å². The minimum atomic E-state index is -0.237.